The van der Waals surface area contributed by atoms with Crippen molar-refractivity contribution in [3.8, 4) is 11.5 Å². The number of hydrogen-bond acceptors (Lipinski definition) is 4. The van der Waals surface area contributed by atoms with Crippen LogP contribution in [0.4, 0.5) is 5.69 Å². The summed E-state index contributed by atoms with van der Waals surface area (Å²) in [4.78, 5) is 25.7. The molecule has 0 saturated heterocycles. The van der Waals surface area contributed by atoms with E-state index < -0.39 is 0 Å². The fourth-order valence-corrected chi connectivity index (χ4v) is 2.84. The molecule has 7 heteroatoms. The average Bonchev–Trinajstić information content (AvgIpc) is 2.67. The number of likely N-dealkylation sites (N-methyl/N-ethyl adjacent to an activating group) is 1. The summed E-state index contributed by atoms with van der Waals surface area (Å²) < 4.78 is 11.9. The largest absolute Gasteiger partial charge is 0.494 e. The normalized spacial score (nSPS) is 10.3. The van der Waals surface area contributed by atoms with E-state index in [0.717, 1.165) is 27.9 Å². The molecule has 0 radical (unpaired) electrons. The number of ether oxygens (including phenoxy) is 2. The molecule has 6 nitrogen and oxygen atoms in total. The minimum Gasteiger partial charge on any atom is -0.494 e. The van der Waals surface area contributed by atoms with Gasteiger partial charge in [0.05, 0.1) is 13.2 Å². The number of anilines is 1. The van der Waals surface area contributed by atoms with Crippen molar-refractivity contribution in [2.75, 3.05) is 32.1 Å². The van der Waals surface area contributed by atoms with Gasteiger partial charge in [-0.1, -0.05) is 22.9 Å². The third-order valence-corrected chi connectivity index (χ3v) is 4.42. The molecular formula is C21H25BrN2O4. The molecular weight excluding hydrogens is 424 g/mol. The zero-order valence-corrected chi connectivity index (χ0v) is 17.9. The van der Waals surface area contributed by atoms with Crippen molar-refractivity contribution in [3.05, 3.63) is 52.5 Å². The second kappa shape index (κ2) is 10.7. The first-order valence-corrected chi connectivity index (χ1v) is 9.84. The maximum absolute atomic E-state index is 12.2. The fraction of sp³-hybridized carbons (Fsp3) is 0.333. The van der Waals surface area contributed by atoms with Crippen LogP contribution < -0.4 is 14.8 Å². The van der Waals surface area contributed by atoms with Gasteiger partial charge in [-0.05, 0) is 61.4 Å². The molecule has 2 rings (SSSR count). The lowest BCUT2D eigenvalue weighted by Crippen LogP contribution is -2.37. The van der Waals surface area contributed by atoms with Crippen LogP contribution in [-0.4, -0.2) is 43.5 Å². The number of nitrogens with one attached hydrogen (secondary N) is 1. The van der Waals surface area contributed by atoms with Gasteiger partial charge in [-0.15, -0.1) is 0 Å². The van der Waals surface area contributed by atoms with Crippen LogP contribution in [0.5, 0.6) is 11.5 Å². The molecule has 28 heavy (non-hydrogen) atoms. The molecule has 0 aliphatic carbocycles. The van der Waals surface area contributed by atoms with Crippen molar-refractivity contribution in [3.63, 3.8) is 0 Å². The first kappa shape index (κ1) is 21.8. The summed E-state index contributed by atoms with van der Waals surface area (Å²) in [6.45, 7) is 4.41. The quantitative estimate of drug-likeness (QED) is 0.628. The highest BCUT2D eigenvalue weighted by Gasteiger charge is 2.14. The van der Waals surface area contributed by atoms with Gasteiger partial charge in [-0.3, -0.25) is 9.59 Å². The molecule has 0 aromatic heterocycles. The Morgan fingerprint density at radius 3 is 2.32 bits per heavy atom. The molecule has 0 aliphatic heterocycles. The Morgan fingerprint density at radius 2 is 1.71 bits per heavy atom. The van der Waals surface area contributed by atoms with Crippen LogP contribution in [-0.2, 0) is 9.59 Å². The Morgan fingerprint density at radius 1 is 1.07 bits per heavy atom. The smallest absolute Gasteiger partial charge is 0.260 e. The lowest BCUT2D eigenvalue weighted by atomic mass is 10.2. The van der Waals surface area contributed by atoms with Crippen molar-refractivity contribution < 1.29 is 19.1 Å². The van der Waals surface area contributed by atoms with E-state index >= 15 is 0 Å². The predicted molar refractivity (Wildman–Crippen MR) is 113 cm³/mol. The number of nitrogens with zero attached hydrogens (tertiary/aromatic N) is 1. The molecule has 0 unspecified atom stereocenters. The minimum atomic E-state index is -0.283. The molecule has 0 fully saturated rings. The van der Waals surface area contributed by atoms with Gasteiger partial charge in [0.25, 0.3) is 5.91 Å². The minimum absolute atomic E-state index is 0.0541. The summed E-state index contributed by atoms with van der Waals surface area (Å²) in [7, 11) is 1.57. The van der Waals surface area contributed by atoms with Crippen molar-refractivity contribution in [1.29, 1.82) is 0 Å². The summed E-state index contributed by atoms with van der Waals surface area (Å²) in [6, 6.07) is 12.7. The first-order chi connectivity index (χ1) is 13.4. The number of halogens is 1. The second-order valence-electron chi connectivity index (χ2n) is 6.37. The molecule has 2 aromatic rings. The Balaban J connectivity index is 1.79. The van der Waals surface area contributed by atoms with Crippen LogP contribution in [0, 0.1) is 6.92 Å². The van der Waals surface area contributed by atoms with Crippen LogP contribution >= 0.6 is 15.9 Å². The van der Waals surface area contributed by atoms with Crippen molar-refractivity contribution >= 4 is 33.4 Å². The number of aryl methyl sites for hydroxylation is 1. The standard InChI is InChI=1S/C21H25BrN2O4/c1-4-11-27-17-6-8-18(9-7-17)28-14-21(26)24(3)13-20(25)23-19-10-5-16(22)12-15(19)2/h5-10,12H,4,11,13-14H2,1-3H3,(H,23,25). The lowest BCUT2D eigenvalue weighted by molar-refractivity contribution is -0.135. The van der Waals surface area contributed by atoms with Crippen LogP contribution in [0.25, 0.3) is 0 Å². The SMILES string of the molecule is CCCOc1ccc(OCC(=O)N(C)CC(=O)Nc2ccc(Br)cc2C)cc1. The Labute approximate surface area is 174 Å². The Bertz CT molecular complexity index is 809. The summed E-state index contributed by atoms with van der Waals surface area (Å²) in [5.74, 6) is 0.783. The van der Waals surface area contributed by atoms with Crippen molar-refractivity contribution in [2.24, 2.45) is 0 Å². The first-order valence-electron chi connectivity index (χ1n) is 9.04. The van der Waals surface area contributed by atoms with E-state index in [9.17, 15) is 9.59 Å². The Kier molecular flexibility index (Phi) is 8.32. The molecule has 0 spiro atoms. The highest BCUT2D eigenvalue weighted by molar-refractivity contribution is 9.10. The molecule has 0 saturated carbocycles. The van der Waals surface area contributed by atoms with E-state index in [1.165, 1.54) is 4.90 Å². The molecule has 150 valence electrons. The van der Waals surface area contributed by atoms with E-state index in [1.54, 1.807) is 31.3 Å². The van der Waals surface area contributed by atoms with Crippen LogP contribution in [0.1, 0.15) is 18.9 Å². The summed E-state index contributed by atoms with van der Waals surface area (Å²) in [6.07, 6.45) is 0.939. The molecule has 2 amide bonds. The van der Waals surface area contributed by atoms with Crippen LogP contribution in [0.2, 0.25) is 0 Å². The van der Waals surface area contributed by atoms with Crippen LogP contribution in [0.3, 0.4) is 0 Å². The maximum atomic E-state index is 12.2. The number of carbonyl (C=O) groups excluding carboxylic acids is 2. The maximum Gasteiger partial charge on any atom is 0.260 e. The average molecular weight is 449 g/mol. The van der Waals surface area contributed by atoms with Gasteiger partial charge in [-0.25, -0.2) is 0 Å². The number of carbonyl (C=O) groups is 2. The van der Waals surface area contributed by atoms with E-state index in [4.69, 9.17) is 9.47 Å². The van der Waals surface area contributed by atoms with E-state index in [-0.39, 0.29) is 25.0 Å². The van der Waals surface area contributed by atoms with Crippen molar-refractivity contribution in [1.82, 2.24) is 4.90 Å². The number of benzene rings is 2. The molecule has 1 N–H and O–H groups in total. The van der Waals surface area contributed by atoms with Crippen molar-refractivity contribution in [2.45, 2.75) is 20.3 Å². The predicted octanol–water partition coefficient (Wildman–Crippen LogP) is 4.02. The van der Waals surface area contributed by atoms with Gasteiger partial charge in [0.15, 0.2) is 6.61 Å². The van der Waals surface area contributed by atoms with Gasteiger partial charge in [0.1, 0.15) is 11.5 Å². The third kappa shape index (κ3) is 6.88. The summed E-state index contributed by atoms with van der Waals surface area (Å²) in [5.41, 5.74) is 1.65. The Hall–Kier alpha value is -2.54. The van der Waals surface area contributed by atoms with E-state index in [1.807, 2.05) is 32.0 Å². The van der Waals surface area contributed by atoms with Gasteiger partial charge < -0.3 is 19.7 Å². The van der Waals surface area contributed by atoms with E-state index in [0.29, 0.717) is 12.4 Å². The van der Waals surface area contributed by atoms with Gasteiger partial charge in [0.2, 0.25) is 5.91 Å². The third-order valence-electron chi connectivity index (χ3n) is 3.93. The zero-order valence-electron chi connectivity index (χ0n) is 16.3. The number of rotatable bonds is 9. The molecule has 2 aromatic carbocycles. The topological polar surface area (TPSA) is 67.9 Å². The molecule has 0 aliphatic rings. The van der Waals surface area contributed by atoms with Gasteiger partial charge >= 0.3 is 0 Å². The highest BCUT2D eigenvalue weighted by Crippen LogP contribution is 2.20. The molecule has 0 heterocycles. The number of amides is 2. The van der Waals surface area contributed by atoms with Crippen LogP contribution in [0.15, 0.2) is 46.9 Å². The van der Waals surface area contributed by atoms with Gasteiger partial charge in [-0.2, -0.15) is 0 Å². The molecule has 0 atom stereocenters. The lowest BCUT2D eigenvalue weighted by Gasteiger charge is -2.18. The zero-order chi connectivity index (χ0) is 20.5. The van der Waals surface area contributed by atoms with E-state index in [2.05, 4.69) is 21.2 Å². The summed E-state index contributed by atoms with van der Waals surface area (Å²) >= 11 is 3.39. The highest BCUT2D eigenvalue weighted by atomic mass is 79.9. The van der Waals surface area contributed by atoms with Gasteiger partial charge in [0, 0.05) is 17.2 Å². The summed E-state index contributed by atoms with van der Waals surface area (Å²) in [5, 5.41) is 2.81. The second-order valence-corrected chi connectivity index (χ2v) is 7.28. The molecule has 0 bridgehead atoms. The number of hydrogen-bond donors (Lipinski definition) is 1. The fourth-order valence-electron chi connectivity index (χ4n) is 2.37. The monoisotopic (exact) mass is 448 g/mol.